The first-order valence-corrected chi connectivity index (χ1v) is 10.0. The van der Waals surface area contributed by atoms with Gasteiger partial charge in [0.15, 0.2) is 5.17 Å². The Morgan fingerprint density at radius 2 is 2.11 bits per heavy atom. The largest absolute Gasteiger partial charge is 0.379 e. The van der Waals surface area contributed by atoms with Crippen molar-refractivity contribution in [2.24, 2.45) is 10.7 Å². The van der Waals surface area contributed by atoms with Gasteiger partial charge in [-0.2, -0.15) is 0 Å². The molecule has 2 aromatic heterocycles. The zero-order valence-corrected chi connectivity index (χ0v) is 16.0. The van der Waals surface area contributed by atoms with Gasteiger partial charge in [0.2, 0.25) is 0 Å². The zero-order valence-electron chi connectivity index (χ0n) is 14.4. The number of carbonyl (C=O) groups excluding carboxylic acids is 1. The van der Waals surface area contributed by atoms with Crippen LogP contribution in [0.15, 0.2) is 41.7 Å². The number of nitrogens with one attached hydrogen (secondary N) is 1. The molecule has 0 radical (unpaired) electrons. The van der Waals surface area contributed by atoms with Gasteiger partial charge in [-0.3, -0.25) is 14.8 Å². The summed E-state index contributed by atoms with van der Waals surface area (Å²) in [5, 5.41) is 3.27. The Hall–Kier alpha value is -2.52. The molecule has 1 amide bonds. The SMILES string of the molecule is C[C@@]1(c2cc(NC(=O)c3cc4nccnc4s3)ccc2F)CCSC(N)=N1. The van der Waals surface area contributed by atoms with E-state index < -0.39 is 5.54 Å². The van der Waals surface area contributed by atoms with Crippen molar-refractivity contribution >= 4 is 50.2 Å². The summed E-state index contributed by atoms with van der Waals surface area (Å²) < 4.78 is 14.5. The van der Waals surface area contributed by atoms with Crippen LogP contribution in [-0.4, -0.2) is 26.8 Å². The number of benzene rings is 1. The first kappa shape index (κ1) is 17.9. The van der Waals surface area contributed by atoms with E-state index in [-0.39, 0.29) is 11.7 Å². The van der Waals surface area contributed by atoms with Gasteiger partial charge < -0.3 is 11.1 Å². The van der Waals surface area contributed by atoms with Crippen LogP contribution in [0.2, 0.25) is 0 Å². The molecule has 0 saturated heterocycles. The van der Waals surface area contributed by atoms with Crippen molar-refractivity contribution in [1.82, 2.24) is 9.97 Å². The van der Waals surface area contributed by atoms with Crippen LogP contribution in [0.4, 0.5) is 10.1 Å². The van der Waals surface area contributed by atoms with Gasteiger partial charge >= 0.3 is 0 Å². The summed E-state index contributed by atoms with van der Waals surface area (Å²) in [6.07, 6.45) is 3.83. The van der Waals surface area contributed by atoms with Gasteiger partial charge in [-0.25, -0.2) is 9.37 Å². The summed E-state index contributed by atoms with van der Waals surface area (Å²) in [5.41, 5.74) is 6.69. The average Bonchev–Trinajstić information content (AvgIpc) is 3.07. The minimum Gasteiger partial charge on any atom is -0.379 e. The summed E-state index contributed by atoms with van der Waals surface area (Å²) in [6.45, 7) is 1.85. The summed E-state index contributed by atoms with van der Waals surface area (Å²) in [7, 11) is 0. The molecule has 1 aliphatic heterocycles. The first-order chi connectivity index (χ1) is 12.9. The van der Waals surface area contributed by atoms with E-state index in [1.165, 1.54) is 35.2 Å². The van der Waals surface area contributed by atoms with Crippen LogP contribution in [0.1, 0.15) is 28.6 Å². The van der Waals surface area contributed by atoms with E-state index in [0.717, 1.165) is 5.75 Å². The molecule has 1 aromatic carbocycles. The minimum absolute atomic E-state index is 0.287. The van der Waals surface area contributed by atoms with Crippen molar-refractivity contribution < 1.29 is 9.18 Å². The predicted octanol–water partition coefficient (Wildman–Crippen LogP) is 3.75. The molecule has 4 rings (SSSR count). The number of rotatable bonds is 3. The number of aromatic nitrogens is 2. The van der Waals surface area contributed by atoms with Gasteiger partial charge in [-0.1, -0.05) is 11.8 Å². The Morgan fingerprint density at radius 3 is 2.89 bits per heavy atom. The van der Waals surface area contributed by atoms with Crippen molar-refractivity contribution in [3.8, 4) is 0 Å². The van der Waals surface area contributed by atoms with Crippen molar-refractivity contribution in [1.29, 1.82) is 0 Å². The lowest BCUT2D eigenvalue weighted by Gasteiger charge is -2.30. The Kier molecular flexibility index (Phi) is 4.56. The lowest BCUT2D eigenvalue weighted by atomic mass is 9.89. The zero-order chi connectivity index (χ0) is 19.0. The lowest BCUT2D eigenvalue weighted by Crippen LogP contribution is -2.29. The maximum absolute atomic E-state index is 14.5. The summed E-state index contributed by atoms with van der Waals surface area (Å²) >= 11 is 2.72. The van der Waals surface area contributed by atoms with Crippen LogP contribution in [-0.2, 0) is 5.54 Å². The molecule has 0 unspecified atom stereocenters. The van der Waals surface area contributed by atoms with Crippen LogP contribution >= 0.6 is 23.1 Å². The molecule has 0 bridgehead atoms. The highest BCUT2D eigenvalue weighted by atomic mass is 32.2. The molecule has 138 valence electrons. The molecule has 3 aromatic rings. The fourth-order valence-electron chi connectivity index (χ4n) is 2.97. The maximum Gasteiger partial charge on any atom is 0.265 e. The molecule has 0 saturated carbocycles. The van der Waals surface area contributed by atoms with Gasteiger partial charge in [0.1, 0.15) is 16.2 Å². The number of thioether (sulfide) groups is 1. The molecular weight excluding hydrogens is 385 g/mol. The van der Waals surface area contributed by atoms with Gasteiger partial charge in [-0.15, -0.1) is 11.3 Å². The number of anilines is 1. The summed E-state index contributed by atoms with van der Waals surface area (Å²) in [6, 6.07) is 6.20. The fourth-order valence-corrected chi connectivity index (χ4v) is 4.80. The molecule has 9 heteroatoms. The smallest absolute Gasteiger partial charge is 0.265 e. The van der Waals surface area contributed by atoms with E-state index in [1.807, 2.05) is 6.92 Å². The molecule has 6 nitrogen and oxygen atoms in total. The molecule has 0 spiro atoms. The Bertz CT molecular complexity index is 1030. The van der Waals surface area contributed by atoms with Crippen molar-refractivity contribution in [3.63, 3.8) is 0 Å². The summed E-state index contributed by atoms with van der Waals surface area (Å²) in [5.74, 6) is 0.114. The number of fused-ring (bicyclic) bond motifs is 1. The second kappa shape index (κ2) is 6.90. The van der Waals surface area contributed by atoms with Crippen molar-refractivity contribution in [2.75, 3.05) is 11.1 Å². The normalized spacial score (nSPS) is 19.7. The monoisotopic (exact) mass is 401 g/mol. The quantitative estimate of drug-likeness (QED) is 0.697. The molecule has 3 N–H and O–H groups in total. The van der Waals surface area contributed by atoms with Gasteiger partial charge in [0, 0.05) is 29.4 Å². The number of nitrogens with zero attached hydrogens (tertiary/aromatic N) is 3. The number of aliphatic imine (C=N–C) groups is 1. The average molecular weight is 401 g/mol. The first-order valence-electron chi connectivity index (χ1n) is 8.25. The fraction of sp³-hybridized carbons (Fsp3) is 0.222. The summed E-state index contributed by atoms with van der Waals surface area (Å²) in [4.78, 5) is 26.6. The van der Waals surface area contributed by atoms with E-state index >= 15 is 0 Å². The number of nitrogens with two attached hydrogens (primary N) is 1. The predicted molar refractivity (Wildman–Crippen MR) is 108 cm³/mol. The standard InChI is InChI=1S/C18H16FN5OS2/c1-18(4-7-26-17(20)24-18)11-8-10(2-3-12(11)19)23-15(25)14-9-13-16(27-14)22-6-5-21-13/h2-3,5-6,8-9H,4,7H2,1H3,(H2,20,24)(H,23,25)/t18-/m0/s1. The van der Waals surface area contributed by atoms with Crippen LogP contribution in [0.3, 0.4) is 0 Å². The van der Waals surface area contributed by atoms with Gasteiger partial charge in [0.05, 0.1) is 10.4 Å². The van der Waals surface area contributed by atoms with Gasteiger partial charge in [-0.05, 0) is 37.6 Å². The minimum atomic E-state index is -0.744. The van der Waals surface area contributed by atoms with Crippen LogP contribution in [0.25, 0.3) is 10.3 Å². The highest BCUT2D eigenvalue weighted by molar-refractivity contribution is 8.13. The number of carbonyl (C=O) groups is 1. The third-order valence-corrected chi connectivity index (χ3v) is 6.22. The highest BCUT2D eigenvalue weighted by Crippen LogP contribution is 2.37. The highest BCUT2D eigenvalue weighted by Gasteiger charge is 2.32. The Labute approximate surface area is 163 Å². The third-order valence-electron chi connectivity index (χ3n) is 4.39. The topological polar surface area (TPSA) is 93.3 Å². The van der Waals surface area contributed by atoms with Crippen LogP contribution < -0.4 is 11.1 Å². The van der Waals surface area contributed by atoms with Crippen LogP contribution in [0, 0.1) is 5.82 Å². The molecule has 27 heavy (non-hydrogen) atoms. The molecule has 1 atom stereocenters. The van der Waals surface area contributed by atoms with E-state index in [0.29, 0.717) is 38.1 Å². The van der Waals surface area contributed by atoms with E-state index in [9.17, 15) is 9.18 Å². The Balaban J connectivity index is 1.63. The molecule has 3 heterocycles. The van der Waals surface area contributed by atoms with E-state index in [1.54, 1.807) is 24.5 Å². The van der Waals surface area contributed by atoms with Crippen molar-refractivity contribution in [2.45, 2.75) is 18.9 Å². The second-order valence-electron chi connectivity index (χ2n) is 6.33. The number of halogens is 1. The van der Waals surface area contributed by atoms with Gasteiger partial charge in [0.25, 0.3) is 5.91 Å². The number of thiophene rings is 1. The number of hydrogen-bond donors (Lipinski definition) is 2. The lowest BCUT2D eigenvalue weighted by molar-refractivity contribution is 0.103. The molecular formula is C18H16FN5OS2. The van der Waals surface area contributed by atoms with E-state index in [2.05, 4.69) is 20.3 Å². The number of amidine groups is 1. The van der Waals surface area contributed by atoms with Crippen LogP contribution in [0.5, 0.6) is 0 Å². The number of amides is 1. The molecule has 1 aliphatic rings. The van der Waals surface area contributed by atoms with E-state index in [4.69, 9.17) is 5.73 Å². The molecule has 0 aliphatic carbocycles. The second-order valence-corrected chi connectivity index (χ2v) is 8.47. The third kappa shape index (κ3) is 3.52. The van der Waals surface area contributed by atoms with Crippen molar-refractivity contribution in [3.05, 3.63) is 52.9 Å². The number of hydrogen-bond acceptors (Lipinski definition) is 7. The maximum atomic E-state index is 14.5. The molecule has 0 fully saturated rings. The Morgan fingerprint density at radius 1 is 1.30 bits per heavy atom.